The van der Waals surface area contributed by atoms with Gasteiger partial charge in [0.05, 0.1) is 0 Å². The van der Waals surface area contributed by atoms with Gasteiger partial charge in [-0.05, 0) is 26.8 Å². The fourth-order valence-corrected chi connectivity index (χ4v) is 1.61. The van der Waals surface area contributed by atoms with Crippen molar-refractivity contribution in [2.45, 2.75) is 38.8 Å². The summed E-state index contributed by atoms with van der Waals surface area (Å²) in [5.41, 5.74) is -0.0852. The Labute approximate surface area is 76.1 Å². The first-order valence-corrected chi connectivity index (χ1v) is 5.11. The molecule has 0 atom stereocenters. The Kier molecular flexibility index (Phi) is 5.04. The summed E-state index contributed by atoms with van der Waals surface area (Å²) in [4.78, 5) is 10.4. The Morgan fingerprint density at radius 2 is 2.09 bits per heavy atom. The highest BCUT2D eigenvalue weighted by atomic mass is 32.1. The number of hydrogen-bond donors (Lipinski definition) is 1. The summed E-state index contributed by atoms with van der Waals surface area (Å²) >= 11 is 3.65. The molecule has 0 aromatic carbocycles. The summed E-state index contributed by atoms with van der Waals surface area (Å²) in [6.45, 7) is 6.01. The zero-order chi connectivity index (χ0) is 8.91. The van der Waals surface area contributed by atoms with Crippen LogP contribution in [0.2, 0.25) is 6.04 Å². The fraction of sp³-hybridized carbons (Fsp3) is 0.857. The fourth-order valence-electron chi connectivity index (χ4n) is 0.426. The summed E-state index contributed by atoms with van der Waals surface area (Å²) in [7, 11) is 0.407. The van der Waals surface area contributed by atoms with Crippen molar-refractivity contribution in [2.75, 3.05) is 0 Å². The van der Waals surface area contributed by atoms with Crippen molar-refractivity contribution in [2.24, 2.45) is 0 Å². The van der Waals surface area contributed by atoms with E-state index in [0.29, 0.717) is 16.2 Å². The van der Waals surface area contributed by atoms with E-state index < -0.39 is 0 Å². The van der Waals surface area contributed by atoms with E-state index >= 15 is 0 Å². The first-order chi connectivity index (χ1) is 4.92. The van der Waals surface area contributed by atoms with Gasteiger partial charge in [0.2, 0.25) is 9.76 Å². The number of carbonyl (C=O) groups excluding carboxylic acids is 1. The van der Waals surface area contributed by atoms with Gasteiger partial charge in [-0.1, -0.05) is 0 Å². The summed E-state index contributed by atoms with van der Waals surface area (Å²) < 4.78 is 5.42. The molecule has 0 aliphatic rings. The van der Waals surface area contributed by atoms with Gasteiger partial charge in [0.25, 0.3) is 0 Å². The van der Waals surface area contributed by atoms with Crippen LogP contribution in [0.4, 0.5) is 0 Å². The average Bonchev–Trinajstić information content (AvgIpc) is 1.78. The SMILES string of the molecule is CC(C)(C)O[Si]CCC(=O)S. The van der Waals surface area contributed by atoms with Crippen molar-refractivity contribution < 1.29 is 9.22 Å². The zero-order valence-electron chi connectivity index (χ0n) is 7.18. The lowest BCUT2D eigenvalue weighted by Crippen LogP contribution is -2.21. The van der Waals surface area contributed by atoms with E-state index in [1.54, 1.807) is 0 Å². The van der Waals surface area contributed by atoms with Crippen molar-refractivity contribution >= 4 is 27.5 Å². The van der Waals surface area contributed by atoms with Crippen LogP contribution < -0.4 is 0 Å². The largest absolute Gasteiger partial charge is 0.413 e. The van der Waals surface area contributed by atoms with E-state index in [0.717, 1.165) is 6.04 Å². The number of carbonyl (C=O) groups is 1. The highest BCUT2D eigenvalue weighted by molar-refractivity contribution is 7.96. The van der Waals surface area contributed by atoms with E-state index in [1.165, 1.54) is 0 Å². The van der Waals surface area contributed by atoms with Crippen molar-refractivity contribution in [1.82, 2.24) is 0 Å². The Bertz CT molecular complexity index is 131. The van der Waals surface area contributed by atoms with Crippen LogP contribution in [0.5, 0.6) is 0 Å². The highest BCUT2D eigenvalue weighted by Gasteiger charge is 2.09. The van der Waals surface area contributed by atoms with E-state index in [4.69, 9.17) is 4.43 Å². The Hall–Kier alpha value is 0.197. The summed E-state index contributed by atoms with van der Waals surface area (Å²) in [6, 6.07) is 0.791. The maximum Gasteiger partial charge on any atom is 0.230 e. The van der Waals surface area contributed by atoms with Crippen LogP contribution in [0.25, 0.3) is 0 Å². The average molecular weight is 190 g/mol. The molecule has 0 aliphatic carbocycles. The molecule has 0 aromatic rings. The predicted octanol–water partition coefficient (Wildman–Crippen LogP) is 1.69. The summed E-state index contributed by atoms with van der Waals surface area (Å²) in [6.07, 6.45) is 0.512. The lowest BCUT2D eigenvalue weighted by Gasteiger charge is -2.18. The second-order valence-corrected chi connectivity index (χ2v) is 4.74. The molecule has 64 valence electrons. The molecule has 0 N–H and O–H groups in total. The molecular formula is C7H14O2SSi. The normalized spacial score (nSPS) is 11.6. The maximum atomic E-state index is 10.4. The van der Waals surface area contributed by atoms with Crippen LogP contribution in [0.1, 0.15) is 27.2 Å². The van der Waals surface area contributed by atoms with Crippen LogP contribution in [0, 0.1) is 0 Å². The van der Waals surface area contributed by atoms with Gasteiger partial charge in [-0.3, -0.25) is 4.79 Å². The van der Waals surface area contributed by atoms with Gasteiger partial charge < -0.3 is 4.43 Å². The molecule has 2 radical (unpaired) electrons. The third-order valence-electron chi connectivity index (χ3n) is 0.819. The van der Waals surface area contributed by atoms with Crippen LogP contribution in [-0.2, 0) is 9.22 Å². The molecule has 0 aromatic heterocycles. The number of hydrogen-bond acceptors (Lipinski definition) is 2. The zero-order valence-corrected chi connectivity index (χ0v) is 9.07. The number of rotatable bonds is 4. The van der Waals surface area contributed by atoms with Crippen LogP contribution >= 0.6 is 12.6 Å². The van der Waals surface area contributed by atoms with Gasteiger partial charge in [0, 0.05) is 12.0 Å². The monoisotopic (exact) mass is 190 g/mol. The van der Waals surface area contributed by atoms with Crippen LogP contribution in [0.3, 0.4) is 0 Å². The molecule has 0 aliphatic heterocycles. The molecule has 2 nitrogen and oxygen atoms in total. The Morgan fingerprint density at radius 3 is 2.45 bits per heavy atom. The maximum absolute atomic E-state index is 10.4. The number of thiol groups is 1. The van der Waals surface area contributed by atoms with E-state index in [1.807, 2.05) is 20.8 Å². The molecule has 0 bridgehead atoms. The molecule has 0 saturated carbocycles. The molecule has 4 heteroatoms. The topological polar surface area (TPSA) is 26.3 Å². The summed E-state index contributed by atoms with van der Waals surface area (Å²) in [5, 5.41) is -0.0602. The third-order valence-corrected chi connectivity index (χ3v) is 2.25. The van der Waals surface area contributed by atoms with Crippen molar-refractivity contribution in [1.29, 1.82) is 0 Å². The summed E-state index contributed by atoms with van der Waals surface area (Å²) in [5.74, 6) is 0. The minimum atomic E-state index is -0.0852. The predicted molar refractivity (Wildman–Crippen MR) is 50.0 cm³/mol. The first kappa shape index (κ1) is 11.2. The Morgan fingerprint density at radius 1 is 1.55 bits per heavy atom. The molecule has 0 unspecified atom stereocenters. The first-order valence-electron chi connectivity index (χ1n) is 3.54. The second-order valence-electron chi connectivity index (χ2n) is 3.25. The van der Waals surface area contributed by atoms with Crippen molar-refractivity contribution in [3.8, 4) is 0 Å². The molecule has 0 saturated heterocycles. The molecule has 0 spiro atoms. The van der Waals surface area contributed by atoms with Gasteiger partial charge in [-0.15, -0.1) is 12.6 Å². The van der Waals surface area contributed by atoms with Gasteiger partial charge >= 0.3 is 0 Å². The van der Waals surface area contributed by atoms with Crippen LogP contribution in [-0.4, -0.2) is 20.5 Å². The Balaban J connectivity index is 3.22. The molecule has 0 heterocycles. The lowest BCUT2D eigenvalue weighted by atomic mass is 10.2. The second kappa shape index (κ2) is 4.95. The highest BCUT2D eigenvalue weighted by Crippen LogP contribution is 2.06. The molecular weight excluding hydrogens is 176 g/mol. The third kappa shape index (κ3) is 10.2. The van der Waals surface area contributed by atoms with Gasteiger partial charge in [0.15, 0.2) is 5.12 Å². The smallest absolute Gasteiger partial charge is 0.230 e. The van der Waals surface area contributed by atoms with Crippen molar-refractivity contribution in [3.63, 3.8) is 0 Å². The lowest BCUT2D eigenvalue weighted by molar-refractivity contribution is -0.110. The minimum Gasteiger partial charge on any atom is -0.413 e. The molecule has 0 fully saturated rings. The quantitative estimate of drug-likeness (QED) is 0.415. The van der Waals surface area contributed by atoms with E-state index in [2.05, 4.69) is 12.6 Å². The molecule has 11 heavy (non-hydrogen) atoms. The van der Waals surface area contributed by atoms with Gasteiger partial charge in [-0.2, -0.15) is 0 Å². The standard InChI is InChI=1S/C7H14O2SSi/c1-7(2,3)9-11-5-4-6(8)10/h4-5H2,1-3H3,(H,8,10). The molecule has 0 rings (SSSR count). The minimum absolute atomic E-state index is 0.0602. The van der Waals surface area contributed by atoms with E-state index in [-0.39, 0.29) is 10.7 Å². The van der Waals surface area contributed by atoms with Crippen molar-refractivity contribution in [3.05, 3.63) is 0 Å². The van der Waals surface area contributed by atoms with Gasteiger partial charge in [0.1, 0.15) is 0 Å². The van der Waals surface area contributed by atoms with Gasteiger partial charge in [-0.25, -0.2) is 0 Å². The molecule has 0 amide bonds. The van der Waals surface area contributed by atoms with E-state index in [9.17, 15) is 4.79 Å². The van der Waals surface area contributed by atoms with Crippen LogP contribution in [0.15, 0.2) is 0 Å².